The zero-order valence-corrected chi connectivity index (χ0v) is 17.7. The van der Waals surface area contributed by atoms with Crippen molar-refractivity contribution in [3.63, 3.8) is 0 Å². The lowest BCUT2D eigenvalue weighted by molar-refractivity contribution is -0.112. The highest BCUT2D eigenvalue weighted by Gasteiger charge is 2.33. The lowest BCUT2D eigenvalue weighted by Crippen LogP contribution is -2.37. The number of carbonyl (C=O) groups excluding carboxylic acids is 2. The van der Waals surface area contributed by atoms with Gasteiger partial charge in [-0.2, -0.15) is 0 Å². The number of amides is 2. The Labute approximate surface area is 185 Å². The van der Waals surface area contributed by atoms with Crippen LogP contribution in [0.3, 0.4) is 0 Å². The van der Waals surface area contributed by atoms with Crippen molar-refractivity contribution in [3.05, 3.63) is 89.0 Å². The van der Waals surface area contributed by atoms with Crippen LogP contribution < -0.4 is 15.8 Å². The number of aryl methyl sites for hydroxylation is 2. The molecule has 3 aromatic rings. The number of fused-ring (bicyclic) bond motifs is 1. The van der Waals surface area contributed by atoms with E-state index in [1.165, 1.54) is 12.1 Å². The molecule has 162 valence electrons. The van der Waals surface area contributed by atoms with E-state index in [2.05, 4.69) is 10.9 Å². The van der Waals surface area contributed by atoms with E-state index in [1.54, 1.807) is 11.0 Å². The summed E-state index contributed by atoms with van der Waals surface area (Å²) in [6, 6.07) is 17.2. The fraction of sp³-hybridized carbons (Fsp3) is 0.120. The lowest BCUT2D eigenvalue weighted by Gasteiger charge is -2.18. The molecule has 0 saturated heterocycles. The Morgan fingerprint density at radius 1 is 1.00 bits per heavy atom. The topological polar surface area (TPSA) is 102 Å². The summed E-state index contributed by atoms with van der Waals surface area (Å²) in [5, 5.41) is 19.1. The molecule has 0 aromatic heterocycles. The molecule has 3 aromatic carbocycles. The van der Waals surface area contributed by atoms with Gasteiger partial charge >= 0.3 is 0 Å². The molecule has 7 nitrogen and oxygen atoms in total. The van der Waals surface area contributed by atoms with Crippen LogP contribution in [0.25, 0.3) is 5.57 Å². The maximum Gasteiger partial charge on any atom is 0.269 e. The second-order valence-electron chi connectivity index (χ2n) is 7.58. The third-order valence-electron chi connectivity index (χ3n) is 5.45. The van der Waals surface area contributed by atoms with Crippen LogP contribution in [-0.2, 0) is 4.79 Å². The minimum absolute atomic E-state index is 0.0196. The van der Waals surface area contributed by atoms with Crippen molar-refractivity contribution in [3.8, 4) is 11.5 Å². The number of hydrogen-bond acceptors (Lipinski definition) is 5. The Bertz CT molecular complexity index is 1250. The molecule has 1 heterocycles. The zero-order chi connectivity index (χ0) is 22.8. The number of aromatic hydroxyl groups is 2. The molecule has 32 heavy (non-hydrogen) atoms. The van der Waals surface area contributed by atoms with Gasteiger partial charge in [0.15, 0.2) is 0 Å². The summed E-state index contributed by atoms with van der Waals surface area (Å²) < 4.78 is 0. The van der Waals surface area contributed by atoms with E-state index in [4.69, 9.17) is 0 Å². The highest BCUT2D eigenvalue weighted by molar-refractivity contribution is 6.35. The molecule has 0 spiro atoms. The number of rotatable bonds is 5. The van der Waals surface area contributed by atoms with Crippen LogP contribution in [0, 0.1) is 13.8 Å². The number of para-hydroxylation sites is 1. The van der Waals surface area contributed by atoms with E-state index >= 15 is 0 Å². The smallest absolute Gasteiger partial charge is 0.269 e. The first-order chi connectivity index (χ1) is 15.4. The van der Waals surface area contributed by atoms with Crippen molar-refractivity contribution in [1.82, 2.24) is 10.9 Å². The molecule has 7 heteroatoms. The number of anilines is 2. The largest absolute Gasteiger partial charge is 0.508 e. The van der Waals surface area contributed by atoms with Gasteiger partial charge in [-0.3, -0.25) is 19.9 Å². The number of nitrogens with one attached hydrogen (secondary N) is 2. The third-order valence-corrected chi connectivity index (χ3v) is 5.45. The third kappa shape index (κ3) is 3.93. The molecule has 0 fully saturated rings. The Kier molecular flexibility index (Phi) is 5.66. The summed E-state index contributed by atoms with van der Waals surface area (Å²) in [5.74, 6) is -1.16. The van der Waals surface area contributed by atoms with Gasteiger partial charge in [0.05, 0.1) is 11.3 Å². The number of benzene rings is 3. The number of hydrazine groups is 1. The van der Waals surface area contributed by atoms with E-state index in [1.807, 2.05) is 56.3 Å². The van der Waals surface area contributed by atoms with Gasteiger partial charge in [0.2, 0.25) is 0 Å². The second kappa shape index (κ2) is 8.56. The van der Waals surface area contributed by atoms with Gasteiger partial charge in [-0.25, -0.2) is 5.43 Å². The minimum atomic E-state index is -0.559. The standard InChI is InChI=1S/C25H23N3O4/c1-15-7-8-17(13-16(15)2)28-22-6-4-3-5-19(22)20(25(28)32)11-12-26-27-24(31)21-10-9-18(29)14-23(21)30/h3-11,13-14,26,29-30H,12H2,1-2H3,(H,27,31). The van der Waals surface area contributed by atoms with E-state index < -0.39 is 5.91 Å². The Morgan fingerprint density at radius 3 is 2.53 bits per heavy atom. The van der Waals surface area contributed by atoms with E-state index in [9.17, 15) is 19.8 Å². The van der Waals surface area contributed by atoms with Crippen molar-refractivity contribution in [2.75, 3.05) is 11.4 Å². The summed E-state index contributed by atoms with van der Waals surface area (Å²) in [7, 11) is 0. The van der Waals surface area contributed by atoms with E-state index in [0.717, 1.165) is 34.1 Å². The number of hydrogen-bond donors (Lipinski definition) is 4. The van der Waals surface area contributed by atoms with Crippen LogP contribution in [0.1, 0.15) is 27.0 Å². The van der Waals surface area contributed by atoms with Gasteiger partial charge in [0.1, 0.15) is 11.5 Å². The van der Waals surface area contributed by atoms with Crippen LogP contribution in [0.5, 0.6) is 11.5 Å². The molecule has 2 amide bonds. The normalized spacial score (nSPS) is 14.0. The first kappa shape index (κ1) is 21.1. The molecule has 0 aliphatic carbocycles. The van der Waals surface area contributed by atoms with Crippen LogP contribution >= 0.6 is 0 Å². The fourth-order valence-electron chi connectivity index (χ4n) is 3.62. The van der Waals surface area contributed by atoms with Crippen molar-refractivity contribution in [2.24, 2.45) is 0 Å². The second-order valence-corrected chi connectivity index (χ2v) is 7.58. The summed E-state index contributed by atoms with van der Waals surface area (Å²) in [4.78, 5) is 27.2. The molecular weight excluding hydrogens is 406 g/mol. The molecule has 1 aliphatic rings. The molecule has 4 rings (SSSR count). The van der Waals surface area contributed by atoms with Crippen LogP contribution in [-0.4, -0.2) is 28.6 Å². The lowest BCUT2D eigenvalue weighted by atomic mass is 10.1. The summed E-state index contributed by atoms with van der Waals surface area (Å²) in [6.07, 6.45) is 1.72. The number of carbonyl (C=O) groups is 2. The first-order valence-electron chi connectivity index (χ1n) is 10.1. The van der Waals surface area contributed by atoms with E-state index in [0.29, 0.717) is 5.57 Å². The number of phenols is 2. The number of phenolic OH excluding ortho intramolecular Hbond substituents is 2. The molecule has 4 N–H and O–H groups in total. The number of nitrogens with zero attached hydrogens (tertiary/aromatic N) is 1. The quantitative estimate of drug-likeness (QED) is 0.281. The van der Waals surface area contributed by atoms with Crippen LogP contribution in [0.15, 0.2) is 66.7 Å². The Balaban J connectivity index is 1.51. The first-order valence-corrected chi connectivity index (χ1v) is 10.1. The Hall–Kier alpha value is -4.10. The monoisotopic (exact) mass is 429 g/mol. The van der Waals surface area contributed by atoms with Gasteiger partial charge in [-0.15, -0.1) is 0 Å². The van der Waals surface area contributed by atoms with Crippen molar-refractivity contribution in [1.29, 1.82) is 0 Å². The van der Waals surface area contributed by atoms with E-state index in [-0.39, 0.29) is 29.5 Å². The van der Waals surface area contributed by atoms with Crippen molar-refractivity contribution < 1.29 is 19.8 Å². The predicted molar refractivity (Wildman–Crippen MR) is 123 cm³/mol. The average Bonchev–Trinajstić information content (AvgIpc) is 3.04. The molecule has 0 unspecified atom stereocenters. The van der Waals surface area contributed by atoms with Gasteiger partial charge in [-0.1, -0.05) is 30.3 Å². The average molecular weight is 429 g/mol. The van der Waals surface area contributed by atoms with Gasteiger partial charge in [0, 0.05) is 29.4 Å². The van der Waals surface area contributed by atoms with Gasteiger partial charge in [-0.05, 0) is 55.3 Å². The summed E-state index contributed by atoms with van der Waals surface area (Å²) >= 11 is 0. The molecule has 0 radical (unpaired) electrons. The van der Waals surface area contributed by atoms with Crippen LogP contribution in [0.2, 0.25) is 0 Å². The highest BCUT2D eigenvalue weighted by atomic mass is 16.3. The maximum atomic E-state index is 13.3. The van der Waals surface area contributed by atoms with Gasteiger partial charge in [0.25, 0.3) is 11.8 Å². The van der Waals surface area contributed by atoms with Gasteiger partial charge < -0.3 is 10.2 Å². The highest BCUT2D eigenvalue weighted by Crippen LogP contribution is 2.41. The molecule has 0 atom stereocenters. The fourth-order valence-corrected chi connectivity index (χ4v) is 3.62. The molecular formula is C25H23N3O4. The molecule has 1 aliphatic heterocycles. The molecule has 0 saturated carbocycles. The van der Waals surface area contributed by atoms with Crippen molar-refractivity contribution in [2.45, 2.75) is 13.8 Å². The predicted octanol–water partition coefficient (Wildman–Crippen LogP) is 3.71. The van der Waals surface area contributed by atoms with Crippen LogP contribution in [0.4, 0.5) is 11.4 Å². The maximum absolute atomic E-state index is 13.3. The van der Waals surface area contributed by atoms with Crippen molar-refractivity contribution >= 4 is 28.8 Å². The SMILES string of the molecule is Cc1ccc(N2C(=O)C(=CCNNC(=O)c3ccc(O)cc3O)c3ccccc32)cc1C. The summed E-state index contributed by atoms with van der Waals surface area (Å²) in [6.45, 7) is 4.24. The zero-order valence-electron chi connectivity index (χ0n) is 17.7. The minimum Gasteiger partial charge on any atom is -0.508 e. The molecule has 0 bridgehead atoms. The summed E-state index contributed by atoms with van der Waals surface area (Å²) in [5.41, 5.74) is 10.5. The Morgan fingerprint density at radius 2 is 1.78 bits per heavy atom.